The summed E-state index contributed by atoms with van der Waals surface area (Å²) in [4.78, 5) is 20.7. The Labute approximate surface area is 147 Å². The molecule has 0 aliphatic heterocycles. The Morgan fingerprint density at radius 2 is 1.88 bits per heavy atom. The van der Waals surface area contributed by atoms with Gasteiger partial charge < -0.3 is 10.6 Å². The van der Waals surface area contributed by atoms with Crippen LogP contribution in [0.4, 0.5) is 11.4 Å². The fraction of sp³-hybridized carbons (Fsp3) is 0.150. The summed E-state index contributed by atoms with van der Waals surface area (Å²) in [6, 6.07) is 17.4. The van der Waals surface area contributed by atoms with Gasteiger partial charge in [0.2, 0.25) is 5.91 Å². The highest BCUT2D eigenvalue weighted by Crippen LogP contribution is 2.20. The summed E-state index contributed by atoms with van der Waals surface area (Å²) in [6.45, 7) is 4.03. The molecule has 0 saturated heterocycles. The fourth-order valence-corrected chi connectivity index (χ4v) is 2.50. The molecule has 2 N–H and O–H groups in total. The number of rotatable bonds is 5. The van der Waals surface area contributed by atoms with Crippen molar-refractivity contribution in [3.8, 4) is 11.3 Å². The molecule has 0 saturated carbocycles. The Kier molecular flexibility index (Phi) is 5.04. The van der Waals surface area contributed by atoms with Crippen molar-refractivity contribution in [2.24, 2.45) is 0 Å². The van der Waals surface area contributed by atoms with Gasteiger partial charge in [0.05, 0.1) is 12.2 Å². The normalized spacial score (nSPS) is 10.3. The summed E-state index contributed by atoms with van der Waals surface area (Å²) in [7, 11) is 0. The topological polar surface area (TPSA) is 66.9 Å². The van der Waals surface area contributed by atoms with Gasteiger partial charge in [-0.15, -0.1) is 0 Å². The number of aromatic nitrogens is 2. The molecule has 0 aliphatic rings. The minimum atomic E-state index is -0.0856. The smallest absolute Gasteiger partial charge is 0.243 e. The van der Waals surface area contributed by atoms with Crippen LogP contribution in [0, 0.1) is 13.8 Å². The Morgan fingerprint density at radius 3 is 2.68 bits per heavy atom. The first-order chi connectivity index (χ1) is 12.1. The van der Waals surface area contributed by atoms with Crippen molar-refractivity contribution in [3.05, 3.63) is 72.2 Å². The van der Waals surface area contributed by atoms with Crippen molar-refractivity contribution in [1.29, 1.82) is 0 Å². The van der Waals surface area contributed by atoms with Crippen molar-refractivity contribution in [2.75, 3.05) is 17.2 Å². The fourth-order valence-electron chi connectivity index (χ4n) is 2.50. The Hall–Kier alpha value is -3.21. The predicted molar refractivity (Wildman–Crippen MR) is 101 cm³/mol. The SMILES string of the molecule is Cc1nccc(-c2cccc(NCC(=O)Nc3ccccc3C)c2)n1. The van der Waals surface area contributed by atoms with Crippen LogP contribution in [0.1, 0.15) is 11.4 Å². The first-order valence-electron chi connectivity index (χ1n) is 8.11. The van der Waals surface area contributed by atoms with Crippen molar-refractivity contribution < 1.29 is 4.79 Å². The molecule has 126 valence electrons. The standard InChI is InChI=1S/C20H20N4O/c1-14-6-3-4-9-18(14)24-20(25)13-22-17-8-5-7-16(12-17)19-10-11-21-15(2)23-19/h3-12,22H,13H2,1-2H3,(H,24,25). The molecule has 3 aromatic rings. The molecular weight excluding hydrogens is 312 g/mol. The van der Waals surface area contributed by atoms with Crippen LogP contribution < -0.4 is 10.6 Å². The monoisotopic (exact) mass is 332 g/mol. The lowest BCUT2D eigenvalue weighted by Gasteiger charge is -2.10. The van der Waals surface area contributed by atoms with Crippen LogP contribution >= 0.6 is 0 Å². The highest BCUT2D eigenvalue weighted by Gasteiger charge is 2.05. The molecule has 0 fully saturated rings. The van der Waals surface area contributed by atoms with Crippen molar-refractivity contribution >= 4 is 17.3 Å². The van der Waals surface area contributed by atoms with E-state index < -0.39 is 0 Å². The second kappa shape index (κ2) is 7.57. The van der Waals surface area contributed by atoms with Crippen LogP contribution in [-0.4, -0.2) is 22.4 Å². The van der Waals surface area contributed by atoms with E-state index >= 15 is 0 Å². The van der Waals surface area contributed by atoms with Gasteiger partial charge in [-0.2, -0.15) is 0 Å². The molecule has 3 rings (SSSR count). The summed E-state index contributed by atoms with van der Waals surface area (Å²) < 4.78 is 0. The van der Waals surface area contributed by atoms with Crippen LogP contribution in [0.15, 0.2) is 60.8 Å². The number of hydrogen-bond acceptors (Lipinski definition) is 4. The number of para-hydroxylation sites is 1. The number of amides is 1. The van der Waals surface area contributed by atoms with E-state index in [4.69, 9.17) is 0 Å². The third kappa shape index (κ3) is 4.41. The maximum atomic E-state index is 12.1. The average Bonchev–Trinajstić information content (AvgIpc) is 2.62. The summed E-state index contributed by atoms with van der Waals surface area (Å²) in [5.41, 5.74) is 4.58. The molecule has 0 bridgehead atoms. The second-order valence-corrected chi connectivity index (χ2v) is 5.79. The first-order valence-corrected chi connectivity index (χ1v) is 8.11. The quantitative estimate of drug-likeness (QED) is 0.745. The molecule has 25 heavy (non-hydrogen) atoms. The maximum Gasteiger partial charge on any atom is 0.243 e. The highest BCUT2D eigenvalue weighted by atomic mass is 16.1. The average molecular weight is 332 g/mol. The molecular formula is C20H20N4O. The van der Waals surface area contributed by atoms with Crippen molar-refractivity contribution in [1.82, 2.24) is 9.97 Å². The Balaban J connectivity index is 1.65. The number of aryl methyl sites for hydroxylation is 2. The zero-order valence-electron chi connectivity index (χ0n) is 14.3. The van der Waals surface area contributed by atoms with Gasteiger partial charge in [0.1, 0.15) is 5.82 Å². The third-order valence-electron chi connectivity index (χ3n) is 3.81. The van der Waals surface area contributed by atoms with Crippen molar-refractivity contribution in [3.63, 3.8) is 0 Å². The van der Waals surface area contributed by atoms with Gasteiger partial charge in [0.25, 0.3) is 0 Å². The van der Waals surface area contributed by atoms with E-state index in [2.05, 4.69) is 20.6 Å². The molecule has 1 heterocycles. The minimum Gasteiger partial charge on any atom is -0.376 e. The molecule has 0 spiro atoms. The highest BCUT2D eigenvalue weighted by molar-refractivity contribution is 5.94. The number of carbonyl (C=O) groups excluding carboxylic acids is 1. The zero-order valence-corrected chi connectivity index (χ0v) is 14.3. The van der Waals surface area contributed by atoms with E-state index in [1.165, 1.54) is 0 Å². The van der Waals surface area contributed by atoms with E-state index in [1.807, 2.05) is 68.4 Å². The number of carbonyl (C=O) groups is 1. The zero-order chi connectivity index (χ0) is 17.6. The van der Waals surface area contributed by atoms with Crippen LogP contribution in [0.5, 0.6) is 0 Å². The summed E-state index contributed by atoms with van der Waals surface area (Å²) in [5.74, 6) is 0.644. The second-order valence-electron chi connectivity index (χ2n) is 5.79. The first kappa shape index (κ1) is 16.6. The molecule has 0 aliphatic carbocycles. The van der Waals surface area contributed by atoms with E-state index in [0.717, 1.165) is 34.0 Å². The molecule has 0 radical (unpaired) electrons. The van der Waals surface area contributed by atoms with Crippen molar-refractivity contribution in [2.45, 2.75) is 13.8 Å². The van der Waals surface area contributed by atoms with Gasteiger partial charge in [-0.3, -0.25) is 4.79 Å². The maximum absolute atomic E-state index is 12.1. The van der Waals surface area contributed by atoms with Gasteiger partial charge in [0.15, 0.2) is 0 Å². The molecule has 2 aromatic carbocycles. The van der Waals surface area contributed by atoms with E-state index in [0.29, 0.717) is 0 Å². The number of nitrogens with zero attached hydrogens (tertiary/aromatic N) is 2. The molecule has 5 nitrogen and oxygen atoms in total. The van der Waals surface area contributed by atoms with Gasteiger partial charge in [-0.25, -0.2) is 9.97 Å². The number of anilines is 2. The van der Waals surface area contributed by atoms with Gasteiger partial charge >= 0.3 is 0 Å². The Bertz CT molecular complexity index is 892. The molecule has 1 amide bonds. The lowest BCUT2D eigenvalue weighted by molar-refractivity contribution is -0.114. The van der Waals surface area contributed by atoms with Gasteiger partial charge in [-0.05, 0) is 43.7 Å². The van der Waals surface area contributed by atoms with Crippen LogP contribution in [-0.2, 0) is 4.79 Å². The molecule has 0 atom stereocenters. The van der Waals surface area contributed by atoms with Crippen LogP contribution in [0.2, 0.25) is 0 Å². The molecule has 5 heteroatoms. The number of hydrogen-bond donors (Lipinski definition) is 2. The summed E-state index contributed by atoms with van der Waals surface area (Å²) in [5, 5.41) is 6.07. The van der Waals surface area contributed by atoms with Gasteiger partial charge in [-0.1, -0.05) is 30.3 Å². The van der Waals surface area contributed by atoms with Crippen LogP contribution in [0.25, 0.3) is 11.3 Å². The van der Waals surface area contributed by atoms with Crippen LogP contribution in [0.3, 0.4) is 0 Å². The third-order valence-corrected chi connectivity index (χ3v) is 3.81. The van der Waals surface area contributed by atoms with E-state index in [9.17, 15) is 4.79 Å². The van der Waals surface area contributed by atoms with E-state index in [-0.39, 0.29) is 12.5 Å². The largest absolute Gasteiger partial charge is 0.376 e. The minimum absolute atomic E-state index is 0.0856. The summed E-state index contributed by atoms with van der Waals surface area (Å²) in [6.07, 6.45) is 1.74. The summed E-state index contributed by atoms with van der Waals surface area (Å²) >= 11 is 0. The lowest BCUT2D eigenvalue weighted by Crippen LogP contribution is -2.22. The molecule has 0 unspecified atom stereocenters. The van der Waals surface area contributed by atoms with Gasteiger partial charge in [0, 0.05) is 23.1 Å². The number of benzene rings is 2. The Morgan fingerprint density at radius 1 is 1.04 bits per heavy atom. The predicted octanol–water partition coefficient (Wildman–Crippen LogP) is 3.81. The number of nitrogens with one attached hydrogen (secondary N) is 2. The lowest BCUT2D eigenvalue weighted by atomic mass is 10.1. The molecule has 1 aromatic heterocycles. The van der Waals surface area contributed by atoms with E-state index in [1.54, 1.807) is 6.20 Å².